The van der Waals surface area contributed by atoms with E-state index >= 15 is 0 Å². The molecule has 0 unspecified atom stereocenters. The molecule has 0 aromatic heterocycles. The normalized spacial score (nSPS) is 24.6. The standard InChI is InChI=1S/C18H31NO3/c1-4-6-7-8-15-14(9-10-17(15)21)11-18(22)19-16(12-20)13(3)5-2/h6-7,13-16,20H,4-5,8-12H2,1-3H3,(H,19,22)/b7-6-/t13-,14-,15-,16+/m0/s1. The number of aliphatic hydroxyl groups excluding tert-OH is 1. The van der Waals surface area contributed by atoms with Crippen LogP contribution >= 0.6 is 0 Å². The van der Waals surface area contributed by atoms with Gasteiger partial charge in [-0.05, 0) is 31.1 Å². The fourth-order valence-electron chi connectivity index (χ4n) is 3.11. The van der Waals surface area contributed by atoms with Crippen molar-refractivity contribution in [3.63, 3.8) is 0 Å². The number of aliphatic hydroxyl groups is 1. The number of carbonyl (C=O) groups is 2. The van der Waals surface area contributed by atoms with Crippen molar-refractivity contribution in [3.05, 3.63) is 12.2 Å². The molecule has 4 heteroatoms. The second-order valence-electron chi connectivity index (χ2n) is 6.43. The topological polar surface area (TPSA) is 66.4 Å². The highest BCUT2D eigenvalue weighted by atomic mass is 16.3. The van der Waals surface area contributed by atoms with Crippen molar-refractivity contribution in [2.75, 3.05) is 6.61 Å². The number of hydrogen-bond donors (Lipinski definition) is 2. The molecule has 0 aromatic rings. The van der Waals surface area contributed by atoms with Gasteiger partial charge in [0.15, 0.2) is 0 Å². The van der Waals surface area contributed by atoms with Gasteiger partial charge in [0.2, 0.25) is 5.91 Å². The highest BCUT2D eigenvalue weighted by molar-refractivity contribution is 5.85. The lowest BCUT2D eigenvalue weighted by molar-refractivity contribution is -0.124. The van der Waals surface area contributed by atoms with Crippen molar-refractivity contribution in [1.82, 2.24) is 5.32 Å². The zero-order chi connectivity index (χ0) is 16.5. The minimum atomic E-state index is -0.187. The molecule has 2 N–H and O–H groups in total. The second-order valence-corrected chi connectivity index (χ2v) is 6.43. The van der Waals surface area contributed by atoms with Gasteiger partial charge in [0.05, 0.1) is 12.6 Å². The minimum absolute atomic E-state index is 0.00951. The number of rotatable bonds is 9. The number of carbonyl (C=O) groups excluding carboxylic acids is 2. The number of nitrogens with one attached hydrogen (secondary N) is 1. The molecule has 0 saturated heterocycles. The van der Waals surface area contributed by atoms with Crippen LogP contribution in [0.2, 0.25) is 0 Å². The first-order chi connectivity index (χ1) is 10.5. The highest BCUT2D eigenvalue weighted by Crippen LogP contribution is 2.34. The molecule has 0 spiro atoms. The van der Waals surface area contributed by atoms with E-state index in [-0.39, 0.29) is 36.3 Å². The summed E-state index contributed by atoms with van der Waals surface area (Å²) >= 11 is 0. The molecule has 0 radical (unpaired) electrons. The number of ketones is 1. The first kappa shape index (κ1) is 18.9. The van der Waals surface area contributed by atoms with Gasteiger partial charge >= 0.3 is 0 Å². The van der Waals surface area contributed by atoms with E-state index in [2.05, 4.69) is 24.4 Å². The summed E-state index contributed by atoms with van der Waals surface area (Å²) < 4.78 is 0. The van der Waals surface area contributed by atoms with Crippen molar-refractivity contribution in [2.45, 2.75) is 65.3 Å². The van der Waals surface area contributed by atoms with Crippen LogP contribution in [-0.2, 0) is 9.59 Å². The zero-order valence-electron chi connectivity index (χ0n) is 14.2. The maximum Gasteiger partial charge on any atom is 0.220 e. The van der Waals surface area contributed by atoms with E-state index in [1.165, 1.54) is 0 Å². The third kappa shape index (κ3) is 5.56. The fourth-order valence-corrected chi connectivity index (χ4v) is 3.11. The number of hydrogen-bond acceptors (Lipinski definition) is 3. The molecule has 1 saturated carbocycles. The Kier molecular flexibility index (Phi) is 8.39. The predicted molar refractivity (Wildman–Crippen MR) is 88.4 cm³/mol. The van der Waals surface area contributed by atoms with Crippen LogP contribution in [0.5, 0.6) is 0 Å². The molecule has 4 nitrogen and oxygen atoms in total. The van der Waals surface area contributed by atoms with Crippen LogP contribution in [0.4, 0.5) is 0 Å². The summed E-state index contributed by atoms with van der Waals surface area (Å²) in [6.45, 7) is 6.11. The third-order valence-electron chi connectivity index (χ3n) is 4.86. The average Bonchev–Trinajstić information content (AvgIpc) is 2.85. The molecular weight excluding hydrogens is 278 g/mol. The number of Topliss-reactive ketones (excluding diaryl/α,β-unsaturated/α-hetero) is 1. The minimum Gasteiger partial charge on any atom is -0.394 e. The van der Waals surface area contributed by atoms with E-state index in [4.69, 9.17) is 0 Å². The maximum atomic E-state index is 12.2. The monoisotopic (exact) mass is 309 g/mol. The van der Waals surface area contributed by atoms with Crippen molar-refractivity contribution < 1.29 is 14.7 Å². The SMILES string of the molecule is CC/C=C\C[C@@H]1C(=O)CC[C@H]1CC(=O)N[C@H](CO)[C@@H](C)CC. The van der Waals surface area contributed by atoms with Gasteiger partial charge in [-0.1, -0.05) is 39.3 Å². The van der Waals surface area contributed by atoms with E-state index in [0.717, 1.165) is 25.7 Å². The molecule has 1 amide bonds. The first-order valence-electron chi connectivity index (χ1n) is 8.61. The largest absolute Gasteiger partial charge is 0.394 e. The van der Waals surface area contributed by atoms with Crippen LogP contribution in [0, 0.1) is 17.8 Å². The van der Waals surface area contributed by atoms with E-state index < -0.39 is 0 Å². The molecule has 1 rings (SSSR count). The van der Waals surface area contributed by atoms with E-state index in [1.54, 1.807) is 0 Å². The van der Waals surface area contributed by atoms with Gasteiger partial charge in [-0.15, -0.1) is 0 Å². The second kappa shape index (κ2) is 9.78. The van der Waals surface area contributed by atoms with Crippen LogP contribution in [0.3, 0.4) is 0 Å². The van der Waals surface area contributed by atoms with Gasteiger partial charge in [0.1, 0.15) is 5.78 Å². The molecule has 0 heterocycles. The number of amides is 1. The summed E-state index contributed by atoms with van der Waals surface area (Å²) in [7, 11) is 0. The van der Waals surface area contributed by atoms with Crippen molar-refractivity contribution >= 4 is 11.7 Å². The lowest BCUT2D eigenvalue weighted by atomic mass is 9.89. The molecule has 1 aliphatic carbocycles. The Labute approximate surface area is 134 Å². The molecule has 0 bridgehead atoms. The third-order valence-corrected chi connectivity index (χ3v) is 4.86. The molecule has 0 aromatic carbocycles. The first-order valence-corrected chi connectivity index (χ1v) is 8.61. The Morgan fingerprint density at radius 3 is 2.73 bits per heavy atom. The summed E-state index contributed by atoms with van der Waals surface area (Å²) in [6, 6.07) is -0.187. The summed E-state index contributed by atoms with van der Waals surface area (Å²) in [5.74, 6) is 0.639. The Morgan fingerprint density at radius 1 is 1.41 bits per heavy atom. The maximum absolute atomic E-state index is 12.2. The average molecular weight is 309 g/mol. The fraction of sp³-hybridized carbons (Fsp3) is 0.778. The smallest absolute Gasteiger partial charge is 0.220 e. The molecule has 22 heavy (non-hydrogen) atoms. The molecular formula is C18H31NO3. The Bertz CT molecular complexity index is 392. The quantitative estimate of drug-likeness (QED) is 0.644. The summed E-state index contributed by atoms with van der Waals surface area (Å²) in [5, 5.41) is 12.3. The van der Waals surface area contributed by atoms with Crippen molar-refractivity contribution in [3.8, 4) is 0 Å². The predicted octanol–water partition coefficient (Wildman–Crippen LogP) is 2.85. The van der Waals surface area contributed by atoms with Crippen molar-refractivity contribution in [2.24, 2.45) is 17.8 Å². The Morgan fingerprint density at radius 2 is 2.14 bits per heavy atom. The van der Waals surface area contributed by atoms with Crippen molar-refractivity contribution in [1.29, 1.82) is 0 Å². The van der Waals surface area contributed by atoms with Gasteiger partial charge in [0.25, 0.3) is 0 Å². The highest BCUT2D eigenvalue weighted by Gasteiger charge is 2.35. The molecule has 1 aliphatic rings. The van der Waals surface area contributed by atoms with Gasteiger partial charge in [-0.3, -0.25) is 9.59 Å². The van der Waals surface area contributed by atoms with E-state index in [1.807, 2.05) is 13.8 Å². The zero-order valence-corrected chi connectivity index (χ0v) is 14.2. The van der Waals surface area contributed by atoms with Crippen LogP contribution in [0.1, 0.15) is 59.3 Å². The van der Waals surface area contributed by atoms with E-state index in [0.29, 0.717) is 18.6 Å². The van der Waals surface area contributed by atoms with Crippen LogP contribution in [0.25, 0.3) is 0 Å². The Hall–Kier alpha value is -1.16. The van der Waals surface area contributed by atoms with Gasteiger partial charge < -0.3 is 10.4 Å². The lowest BCUT2D eigenvalue weighted by Crippen LogP contribution is -2.42. The van der Waals surface area contributed by atoms with Crippen LogP contribution < -0.4 is 5.32 Å². The van der Waals surface area contributed by atoms with Crippen LogP contribution in [-0.4, -0.2) is 29.4 Å². The van der Waals surface area contributed by atoms with Gasteiger partial charge in [-0.25, -0.2) is 0 Å². The molecule has 126 valence electrons. The summed E-state index contributed by atoms with van der Waals surface area (Å²) in [4.78, 5) is 24.2. The van der Waals surface area contributed by atoms with Crippen LogP contribution in [0.15, 0.2) is 12.2 Å². The Balaban J connectivity index is 2.54. The lowest BCUT2D eigenvalue weighted by Gasteiger charge is -2.24. The molecule has 4 atom stereocenters. The van der Waals surface area contributed by atoms with Gasteiger partial charge in [0, 0.05) is 18.8 Å². The summed E-state index contributed by atoms with van der Waals surface area (Å²) in [5.41, 5.74) is 0. The molecule has 0 aliphatic heterocycles. The molecule has 1 fully saturated rings. The van der Waals surface area contributed by atoms with E-state index in [9.17, 15) is 14.7 Å². The summed E-state index contributed by atoms with van der Waals surface area (Å²) in [6.07, 6.45) is 8.57. The van der Waals surface area contributed by atoms with Gasteiger partial charge in [-0.2, -0.15) is 0 Å². The number of allylic oxidation sites excluding steroid dienone is 2.